The fourth-order valence-corrected chi connectivity index (χ4v) is 2.14. The molecule has 0 saturated heterocycles. The lowest BCUT2D eigenvalue weighted by atomic mass is 9.80. The van der Waals surface area contributed by atoms with Crippen LogP contribution in [0.1, 0.15) is 31.7 Å². The van der Waals surface area contributed by atoms with Crippen LogP contribution in [0.3, 0.4) is 0 Å². The molecule has 1 amide bonds. The quantitative estimate of drug-likeness (QED) is 0.809. The van der Waals surface area contributed by atoms with E-state index in [2.05, 4.69) is 0 Å². The van der Waals surface area contributed by atoms with Crippen LogP contribution in [0.5, 0.6) is 0 Å². The summed E-state index contributed by atoms with van der Waals surface area (Å²) in [5.41, 5.74) is 6.05. The molecule has 18 heavy (non-hydrogen) atoms. The highest BCUT2D eigenvalue weighted by Crippen LogP contribution is 2.29. The van der Waals surface area contributed by atoms with Crippen molar-refractivity contribution in [2.24, 2.45) is 17.6 Å². The molecule has 0 bridgehead atoms. The lowest BCUT2D eigenvalue weighted by molar-refractivity contribution is -0.145. The van der Waals surface area contributed by atoms with Crippen molar-refractivity contribution in [2.75, 3.05) is 0 Å². The van der Waals surface area contributed by atoms with Crippen molar-refractivity contribution >= 4 is 11.9 Å². The fourth-order valence-electron chi connectivity index (χ4n) is 2.14. The van der Waals surface area contributed by atoms with E-state index < -0.39 is 23.7 Å². The summed E-state index contributed by atoms with van der Waals surface area (Å²) in [6.07, 6.45) is 0.428. The lowest BCUT2D eigenvalue weighted by Gasteiger charge is -2.23. The molecule has 1 aromatic carbocycles. The number of primary amides is 1. The van der Waals surface area contributed by atoms with Crippen molar-refractivity contribution in [3.05, 3.63) is 35.9 Å². The van der Waals surface area contributed by atoms with Crippen LogP contribution in [0, 0.1) is 11.8 Å². The summed E-state index contributed by atoms with van der Waals surface area (Å²) in [5.74, 6) is -2.92. The van der Waals surface area contributed by atoms with Crippen LogP contribution < -0.4 is 5.73 Å². The average Bonchev–Trinajstić information content (AvgIpc) is 2.28. The van der Waals surface area contributed by atoms with E-state index in [4.69, 9.17) is 5.73 Å². The Morgan fingerprint density at radius 2 is 1.78 bits per heavy atom. The van der Waals surface area contributed by atoms with Gasteiger partial charge < -0.3 is 10.8 Å². The molecule has 0 saturated carbocycles. The van der Waals surface area contributed by atoms with Crippen LogP contribution in [0.25, 0.3) is 0 Å². The van der Waals surface area contributed by atoms with Gasteiger partial charge in [0.1, 0.15) is 0 Å². The molecule has 4 heteroatoms. The van der Waals surface area contributed by atoms with Crippen LogP contribution in [-0.4, -0.2) is 17.0 Å². The van der Waals surface area contributed by atoms with Gasteiger partial charge in [0.2, 0.25) is 5.91 Å². The van der Waals surface area contributed by atoms with E-state index in [1.807, 2.05) is 19.9 Å². The Morgan fingerprint density at radius 3 is 2.17 bits per heavy atom. The number of benzene rings is 1. The van der Waals surface area contributed by atoms with Crippen LogP contribution >= 0.6 is 0 Å². The van der Waals surface area contributed by atoms with E-state index in [1.54, 1.807) is 24.3 Å². The highest BCUT2D eigenvalue weighted by Gasteiger charge is 2.33. The number of hydrogen-bond acceptors (Lipinski definition) is 2. The van der Waals surface area contributed by atoms with Gasteiger partial charge in [-0.1, -0.05) is 44.2 Å². The number of hydrogen-bond donors (Lipinski definition) is 2. The summed E-state index contributed by atoms with van der Waals surface area (Å²) >= 11 is 0. The minimum absolute atomic E-state index is 0.191. The van der Waals surface area contributed by atoms with E-state index in [9.17, 15) is 14.7 Å². The summed E-state index contributed by atoms with van der Waals surface area (Å²) in [4.78, 5) is 22.9. The highest BCUT2D eigenvalue weighted by molar-refractivity contribution is 5.88. The zero-order valence-electron chi connectivity index (χ0n) is 10.7. The second-order valence-corrected chi connectivity index (χ2v) is 4.87. The third kappa shape index (κ3) is 3.58. The SMILES string of the molecule is CC(C)CC(C(=O)O)C(C(N)=O)c1ccccc1. The second-order valence-electron chi connectivity index (χ2n) is 4.87. The van der Waals surface area contributed by atoms with Gasteiger partial charge in [-0.25, -0.2) is 0 Å². The van der Waals surface area contributed by atoms with Gasteiger partial charge >= 0.3 is 5.97 Å². The first-order valence-electron chi connectivity index (χ1n) is 6.00. The maximum Gasteiger partial charge on any atom is 0.307 e. The van der Waals surface area contributed by atoms with Gasteiger partial charge in [-0.05, 0) is 17.9 Å². The standard InChI is InChI=1S/C14H19NO3/c1-9(2)8-11(14(17)18)12(13(15)16)10-6-4-3-5-7-10/h3-7,9,11-12H,8H2,1-2H3,(H2,15,16)(H,17,18). The van der Waals surface area contributed by atoms with Gasteiger partial charge in [0.25, 0.3) is 0 Å². The van der Waals surface area contributed by atoms with E-state index in [-0.39, 0.29) is 5.92 Å². The molecule has 0 aliphatic carbocycles. The summed E-state index contributed by atoms with van der Waals surface area (Å²) in [5, 5.41) is 9.29. The summed E-state index contributed by atoms with van der Waals surface area (Å²) < 4.78 is 0. The zero-order chi connectivity index (χ0) is 13.7. The van der Waals surface area contributed by atoms with Crippen molar-refractivity contribution in [3.63, 3.8) is 0 Å². The topological polar surface area (TPSA) is 80.4 Å². The molecule has 4 nitrogen and oxygen atoms in total. The number of aliphatic carboxylic acids is 1. The summed E-state index contributed by atoms with van der Waals surface area (Å²) in [6.45, 7) is 3.86. The molecule has 0 aliphatic heterocycles. The molecule has 0 radical (unpaired) electrons. The monoisotopic (exact) mass is 249 g/mol. The number of carbonyl (C=O) groups is 2. The summed E-state index contributed by atoms with van der Waals surface area (Å²) in [6, 6.07) is 8.86. The maximum atomic E-state index is 11.6. The van der Waals surface area contributed by atoms with Gasteiger partial charge in [0.05, 0.1) is 11.8 Å². The van der Waals surface area contributed by atoms with E-state index in [1.165, 1.54) is 0 Å². The van der Waals surface area contributed by atoms with Crippen molar-refractivity contribution in [1.29, 1.82) is 0 Å². The van der Waals surface area contributed by atoms with E-state index in [0.29, 0.717) is 12.0 Å². The Labute approximate surface area is 107 Å². The molecule has 2 atom stereocenters. The van der Waals surface area contributed by atoms with Crippen molar-refractivity contribution < 1.29 is 14.7 Å². The molecule has 0 aliphatic rings. The van der Waals surface area contributed by atoms with Crippen LogP contribution in [-0.2, 0) is 9.59 Å². The summed E-state index contributed by atoms with van der Waals surface area (Å²) in [7, 11) is 0. The van der Waals surface area contributed by atoms with Gasteiger partial charge in [-0.15, -0.1) is 0 Å². The molecule has 0 aromatic heterocycles. The van der Waals surface area contributed by atoms with Crippen LogP contribution in [0.4, 0.5) is 0 Å². The maximum absolute atomic E-state index is 11.6. The predicted octanol–water partition coefficient (Wildman–Crippen LogP) is 2.00. The third-order valence-electron chi connectivity index (χ3n) is 2.91. The zero-order valence-corrected chi connectivity index (χ0v) is 10.7. The Kier molecular flexibility index (Phi) is 4.89. The second kappa shape index (κ2) is 6.19. The number of nitrogens with two attached hydrogens (primary N) is 1. The molecule has 2 unspecified atom stereocenters. The normalized spacial score (nSPS) is 14.2. The van der Waals surface area contributed by atoms with E-state index >= 15 is 0 Å². The van der Waals surface area contributed by atoms with Gasteiger partial charge in [0, 0.05) is 0 Å². The van der Waals surface area contributed by atoms with Gasteiger partial charge in [-0.2, -0.15) is 0 Å². The van der Waals surface area contributed by atoms with Crippen molar-refractivity contribution in [2.45, 2.75) is 26.2 Å². The molecule has 3 N–H and O–H groups in total. The Morgan fingerprint density at radius 1 is 1.22 bits per heavy atom. The molecule has 0 heterocycles. The Balaban J connectivity index is 3.09. The van der Waals surface area contributed by atoms with Crippen LogP contribution in [0.15, 0.2) is 30.3 Å². The Hall–Kier alpha value is -1.84. The molecule has 98 valence electrons. The first-order chi connectivity index (χ1) is 8.43. The number of carboxylic acids is 1. The molecule has 1 aromatic rings. The van der Waals surface area contributed by atoms with Gasteiger partial charge in [-0.3, -0.25) is 9.59 Å². The third-order valence-corrected chi connectivity index (χ3v) is 2.91. The number of carbonyl (C=O) groups excluding carboxylic acids is 1. The number of rotatable bonds is 6. The first-order valence-corrected chi connectivity index (χ1v) is 6.00. The minimum atomic E-state index is -0.976. The average molecular weight is 249 g/mol. The van der Waals surface area contributed by atoms with Crippen molar-refractivity contribution in [1.82, 2.24) is 0 Å². The highest BCUT2D eigenvalue weighted by atomic mass is 16.4. The van der Waals surface area contributed by atoms with Crippen LogP contribution in [0.2, 0.25) is 0 Å². The lowest BCUT2D eigenvalue weighted by Crippen LogP contribution is -2.33. The number of amides is 1. The largest absolute Gasteiger partial charge is 0.481 e. The smallest absolute Gasteiger partial charge is 0.307 e. The van der Waals surface area contributed by atoms with E-state index in [0.717, 1.165) is 0 Å². The first kappa shape index (κ1) is 14.2. The van der Waals surface area contributed by atoms with Crippen molar-refractivity contribution in [3.8, 4) is 0 Å². The molecule has 1 rings (SSSR count). The Bertz CT molecular complexity index is 414. The predicted molar refractivity (Wildman–Crippen MR) is 69.0 cm³/mol. The molecule has 0 spiro atoms. The molecule has 0 fully saturated rings. The number of carboxylic acid groups (broad SMARTS) is 1. The van der Waals surface area contributed by atoms with Gasteiger partial charge in [0.15, 0.2) is 0 Å². The fraction of sp³-hybridized carbons (Fsp3) is 0.429. The molecular formula is C14H19NO3. The minimum Gasteiger partial charge on any atom is -0.481 e. The molecular weight excluding hydrogens is 230 g/mol.